The average molecular weight is 400 g/mol. The Balaban J connectivity index is 2.33. The average Bonchev–Trinajstić information content (AvgIpc) is 2.75. The van der Waals surface area contributed by atoms with E-state index in [0.29, 0.717) is 15.9 Å². The van der Waals surface area contributed by atoms with Gasteiger partial charge in [-0.25, -0.2) is 18.4 Å². The van der Waals surface area contributed by atoms with Gasteiger partial charge in [0.25, 0.3) is 15.7 Å². The van der Waals surface area contributed by atoms with E-state index in [2.05, 4.69) is 30.6 Å². The van der Waals surface area contributed by atoms with Crippen LogP contribution in [0.2, 0.25) is 4.34 Å². The van der Waals surface area contributed by atoms with Crippen LogP contribution in [0.5, 0.6) is 0 Å². The van der Waals surface area contributed by atoms with E-state index in [4.69, 9.17) is 11.6 Å². The Morgan fingerprint density at radius 2 is 2.10 bits per heavy atom. The Morgan fingerprint density at radius 3 is 2.60 bits per heavy atom. The Labute approximate surface area is 130 Å². The van der Waals surface area contributed by atoms with Crippen LogP contribution >= 0.6 is 38.9 Å². The number of nitro groups is 1. The number of thiophene rings is 1. The molecule has 2 heterocycles. The maximum absolute atomic E-state index is 12.0. The molecule has 8 nitrogen and oxygen atoms in total. The molecule has 12 heteroatoms. The molecule has 0 aliphatic heterocycles. The number of nitrogens with zero attached hydrogens (tertiary/aromatic N) is 3. The Morgan fingerprint density at radius 1 is 1.40 bits per heavy atom. The molecule has 0 aliphatic carbocycles. The second-order valence-electron chi connectivity index (χ2n) is 3.31. The maximum Gasteiger partial charge on any atom is 0.300 e. The number of hydrogen-bond acceptors (Lipinski definition) is 7. The normalized spacial score (nSPS) is 11.3. The number of nitrogens with one attached hydrogen (secondary N) is 1. The summed E-state index contributed by atoms with van der Waals surface area (Å²) in [7, 11) is -4.00. The van der Waals surface area contributed by atoms with Gasteiger partial charge < -0.3 is 0 Å². The van der Waals surface area contributed by atoms with Gasteiger partial charge in [0.15, 0.2) is 10.2 Å². The van der Waals surface area contributed by atoms with Crippen molar-refractivity contribution >= 4 is 60.4 Å². The first-order chi connectivity index (χ1) is 9.29. The highest BCUT2D eigenvalue weighted by Crippen LogP contribution is 2.36. The summed E-state index contributed by atoms with van der Waals surface area (Å²) in [5.41, 5.74) is -0.459. The largest absolute Gasteiger partial charge is 0.300 e. The number of anilines is 1. The molecule has 0 aliphatic rings. The molecule has 0 radical (unpaired) electrons. The molecule has 0 bridgehead atoms. The van der Waals surface area contributed by atoms with Crippen LogP contribution in [0.4, 0.5) is 11.5 Å². The summed E-state index contributed by atoms with van der Waals surface area (Å²) >= 11 is 9.27. The zero-order chi connectivity index (χ0) is 14.9. The van der Waals surface area contributed by atoms with E-state index in [1.807, 2.05) is 0 Å². The van der Waals surface area contributed by atoms with Crippen molar-refractivity contribution in [3.63, 3.8) is 0 Å². The molecular formula is C8H4BrClN4O4S2. The van der Waals surface area contributed by atoms with Crippen molar-refractivity contribution in [3.8, 4) is 0 Å². The Bertz CT molecular complexity index is 761. The Kier molecular flexibility index (Phi) is 4.22. The summed E-state index contributed by atoms with van der Waals surface area (Å²) in [4.78, 5) is 17.5. The molecule has 2 aromatic heterocycles. The number of halogens is 2. The van der Waals surface area contributed by atoms with E-state index in [-0.39, 0.29) is 14.4 Å². The number of aromatic nitrogens is 2. The number of rotatable bonds is 4. The fourth-order valence-corrected chi connectivity index (χ4v) is 4.01. The van der Waals surface area contributed by atoms with Gasteiger partial charge in [-0.05, 0) is 15.9 Å². The smallest absolute Gasteiger partial charge is 0.261 e. The number of sulfonamides is 1. The van der Waals surface area contributed by atoms with Crippen molar-refractivity contribution in [3.05, 3.63) is 37.5 Å². The van der Waals surface area contributed by atoms with Crippen molar-refractivity contribution in [1.82, 2.24) is 9.97 Å². The summed E-state index contributed by atoms with van der Waals surface area (Å²) in [6, 6.07) is 0.890. The lowest BCUT2D eigenvalue weighted by atomic mass is 10.6. The highest BCUT2D eigenvalue weighted by molar-refractivity contribution is 9.10. The SMILES string of the molecule is O=[N+]([O-])c1cc(S(=O)(=O)Nc2cnc(Br)cn2)sc1Cl. The van der Waals surface area contributed by atoms with Crippen LogP contribution in [0.15, 0.2) is 27.3 Å². The summed E-state index contributed by atoms with van der Waals surface area (Å²) < 4.78 is 26.1. The second-order valence-corrected chi connectivity index (χ2v) is 7.69. The van der Waals surface area contributed by atoms with Crippen molar-refractivity contribution in [1.29, 1.82) is 0 Å². The van der Waals surface area contributed by atoms with Crippen LogP contribution in [-0.4, -0.2) is 23.3 Å². The molecule has 2 aromatic rings. The minimum atomic E-state index is -4.00. The van der Waals surface area contributed by atoms with Gasteiger partial charge in [-0.15, -0.1) is 11.3 Å². The molecular weight excluding hydrogens is 396 g/mol. The first kappa shape index (κ1) is 15.1. The van der Waals surface area contributed by atoms with Crippen LogP contribution in [0.3, 0.4) is 0 Å². The molecule has 106 valence electrons. The fraction of sp³-hybridized carbons (Fsp3) is 0. The highest BCUT2D eigenvalue weighted by Gasteiger charge is 2.25. The number of hydrogen-bond donors (Lipinski definition) is 1. The van der Waals surface area contributed by atoms with Crippen LogP contribution in [0, 0.1) is 10.1 Å². The molecule has 0 fully saturated rings. The third-order valence-electron chi connectivity index (χ3n) is 1.97. The lowest BCUT2D eigenvalue weighted by Gasteiger charge is -2.03. The molecule has 1 N–H and O–H groups in total. The van der Waals surface area contributed by atoms with E-state index in [0.717, 1.165) is 6.07 Å². The molecule has 0 saturated carbocycles. The first-order valence-electron chi connectivity index (χ1n) is 4.73. The van der Waals surface area contributed by atoms with Crippen molar-refractivity contribution in [2.75, 3.05) is 4.72 Å². The third kappa shape index (κ3) is 3.23. The fourth-order valence-electron chi connectivity index (χ4n) is 1.15. The van der Waals surface area contributed by atoms with Crippen LogP contribution in [0.1, 0.15) is 0 Å². The van der Waals surface area contributed by atoms with Gasteiger partial charge in [0, 0.05) is 6.07 Å². The summed E-state index contributed by atoms with van der Waals surface area (Å²) in [6.07, 6.45) is 2.51. The predicted octanol–water partition coefficient (Wildman–Crippen LogP) is 2.66. The topological polar surface area (TPSA) is 115 Å². The molecule has 0 amide bonds. The zero-order valence-electron chi connectivity index (χ0n) is 9.28. The lowest BCUT2D eigenvalue weighted by molar-refractivity contribution is -0.384. The van der Waals surface area contributed by atoms with Gasteiger partial charge in [-0.2, -0.15) is 0 Å². The lowest BCUT2D eigenvalue weighted by Crippen LogP contribution is -2.12. The molecule has 0 unspecified atom stereocenters. The van der Waals surface area contributed by atoms with Gasteiger partial charge >= 0.3 is 0 Å². The van der Waals surface area contributed by atoms with E-state index >= 15 is 0 Å². The maximum atomic E-state index is 12.0. The van der Waals surface area contributed by atoms with Crippen LogP contribution in [-0.2, 0) is 10.0 Å². The van der Waals surface area contributed by atoms with E-state index in [1.54, 1.807) is 0 Å². The highest BCUT2D eigenvalue weighted by atomic mass is 79.9. The Hall–Kier alpha value is -1.30. The van der Waals surface area contributed by atoms with Gasteiger partial charge in [0.1, 0.15) is 8.81 Å². The zero-order valence-corrected chi connectivity index (χ0v) is 13.3. The van der Waals surface area contributed by atoms with Crippen molar-refractivity contribution in [2.24, 2.45) is 0 Å². The van der Waals surface area contributed by atoms with Crippen molar-refractivity contribution in [2.45, 2.75) is 4.21 Å². The summed E-state index contributed by atoms with van der Waals surface area (Å²) in [5, 5.41) is 10.6. The second kappa shape index (κ2) is 5.60. The van der Waals surface area contributed by atoms with Crippen molar-refractivity contribution < 1.29 is 13.3 Å². The van der Waals surface area contributed by atoms with E-state index < -0.39 is 20.6 Å². The molecule has 2 rings (SSSR count). The first-order valence-corrected chi connectivity index (χ1v) is 8.21. The predicted molar refractivity (Wildman–Crippen MR) is 76.5 cm³/mol. The summed E-state index contributed by atoms with van der Waals surface area (Å²) in [5.74, 6) is -0.0135. The molecule has 0 aromatic carbocycles. The van der Waals surface area contributed by atoms with Crippen LogP contribution in [0.25, 0.3) is 0 Å². The van der Waals surface area contributed by atoms with E-state index in [9.17, 15) is 18.5 Å². The van der Waals surface area contributed by atoms with Gasteiger partial charge in [0.2, 0.25) is 0 Å². The third-order valence-corrected chi connectivity index (χ3v) is 5.54. The van der Waals surface area contributed by atoms with Gasteiger partial charge in [-0.1, -0.05) is 11.6 Å². The van der Waals surface area contributed by atoms with E-state index in [1.165, 1.54) is 12.4 Å². The quantitative estimate of drug-likeness (QED) is 0.624. The minimum absolute atomic E-state index is 0.0135. The molecule has 20 heavy (non-hydrogen) atoms. The molecule has 0 atom stereocenters. The van der Waals surface area contributed by atoms with Gasteiger partial charge in [0.05, 0.1) is 17.3 Å². The molecule has 0 saturated heterocycles. The van der Waals surface area contributed by atoms with Crippen LogP contribution < -0.4 is 4.72 Å². The van der Waals surface area contributed by atoms with Gasteiger partial charge in [-0.3, -0.25) is 14.8 Å². The minimum Gasteiger partial charge on any atom is -0.261 e. The standard InChI is InChI=1S/C8H4BrClN4O4S2/c9-5-2-12-6(3-11-5)13-20(17,18)7-1-4(14(15)16)8(10)19-7/h1-3H,(H,12,13). The molecule has 0 spiro atoms. The summed E-state index contributed by atoms with van der Waals surface area (Å²) in [6.45, 7) is 0. The monoisotopic (exact) mass is 398 g/mol.